The maximum atomic E-state index is 13.0. The van der Waals surface area contributed by atoms with E-state index in [9.17, 15) is 19.5 Å². The Morgan fingerprint density at radius 2 is 2.23 bits per heavy atom. The first-order chi connectivity index (χ1) is 16.9. The molecular formula is C21H18N6O5S3. The van der Waals surface area contributed by atoms with E-state index < -0.39 is 29.2 Å². The number of nitrogen functional groups attached to an aromatic ring is 1. The number of amides is 2. The van der Waals surface area contributed by atoms with E-state index in [1.165, 1.54) is 23.8 Å². The van der Waals surface area contributed by atoms with Crippen molar-refractivity contribution in [2.24, 2.45) is 5.16 Å². The van der Waals surface area contributed by atoms with Gasteiger partial charge in [0.15, 0.2) is 29.8 Å². The van der Waals surface area contributed by atoms with Crippen LogP contribution in [0.3, 0.4) is 0 Å². The van der Waals surface area contributed by atoms with Crippen molar-refractivity contribution in [1.29, 1.82) is 0 Å². The fourth-order valence-electron chi connectivity index (χ4n) is 3.96. The minimum Gasteiger partial charge on any atom is -0.543 e. The Labute approximate surface area is 210 Å². The topological polar surface area (TPSA) is 154 Å². The minimum absolute atomic E-state index is 0.135. The Morgan fingerprint density at radius 1 is 1.40 bits per heavy atom. The molecule has 1 fully saturated rings. The number of rotatable bonds is 7. The van der Waals surface area contributed by atoms with Gasteiger partial charge in [0.2, 0.25) is 0 Å². The summed E-state index contributed by atoms with van der Waals surface area (Å²) in [6.45, 7) is 0.299. The number of nitrogens with zero attached hydrogens (tertiary/aromatic N) is 4. The van der Waals surface area contributed by atoms with Gasteiger partial charge in [-0.2, -0.15) is 4.57 Å². The number of hydrogen-bond donors (Lipinski definition) is 2. The number of nitrogens with two attached hydrogens (primary N) is 1. The number of thioether (sulfide) groups is 1. The standard InChI is InChI=1S/C21H18N6O5S3/c1-32-25-14(12-9-35-21(22)23-12)17(28)24-15-18(29)27-16(20(30)31)11(8-34-19(15)27)6-26-4-2-10-3-5-33-13(10)7-26/h2-5,7,9,15,19H,6,8H2,1H3,(H3-,22,23,24,28,30,31)/t15?,19-/m0/s1. The van der Waals surface area contributed by atoms with Gasteiger partial charge in [-0.15, -0.1) is 34.4 Å². The number of β-lactam (4-membered cyclic amide) rings is 1. The van der Waals surface area contributed by atoms with Gasteiger partial charge in [0, 0.05) is 28.2 Å². The molecule has 2 atom stereocenters. The van der Waals surface area contributed by atoms with Gasteiger partial charge in [-0.1, -0.05) is 5.16 Å². The number of hydrogen-bond acceptors (Lipinski definition) is 11. The molecule has 0 saturated carbocycles. The molecule has 14 heteroatoms. The number of carbonyl (C=O) groups is 3. The van der Waals surface area contributed by atoms with Crippen molar-refractivity contribution < 1.29 is 28.9 Å². The van der Waals surface area contributed by atoms with Gasteiger partial charge in [0.05, 0.1) is 16.4 Å². The smallest absolute Gasteiger partial charge is 0.276 e. The molecule has 0 bridgehead atoms. The molecule has 11 nitrogen and oxygen atoms in total. The van der Waals surface area contributed by atoms with Crippen LogP contribution >= 0.6 is 34.4 Å². The molecule has 3 N–H and O–H groups in total. The van der Waals surface area contributed by atoms with Crippen molar-refractivity contribution in [2.75, 3.05) is 18.6 Å². The summed E-state index contributed by atoms with van der Waals surface area (Å²) in [5.41, 5.74) is 6.13. The lowest BCUT2D eigenvalue weighted by atomic mass is 10.0. The lowest BCUT2D eigenvalue weighted by molar-refractivity contribution is -0.687. The van der Waals surface area contributed by atoms with Crippen LogP contribution in [0, 0.1) is 0 Å². The Balaban J connectivity index is 1.36. The van der Waals surface area contributed by atoms with Gasteiger partial charge in [-0.25, -0.2) is 4.98 Å². The van der Waals surface area contributed by atoms with E-state index >= 15 is 0 Å². The number of oxime groups is 1. The molecule has 2 amide bonds. The molecule has 2 aliphatic rings. The molecule has 3 aromatic heterocycles. The first kappa shape index (κ1) is 23.3. The monoisotopic (exact) mass is 530 g/mol. The van der Waals surface area contributed by atoms with Gasteiger partial charge in [0.1, 0.15) is 24.2 Å². The molecule has 5 heterocycles. The van der Waals surface area contributed by atoms with E-state index in [4.69, 9.17) is 10.6 Å². The second kappa shape index (κ2) is 9.28. The number of pyridine rings is 1. The van der Waals surface area contributed by atoms with Crippen LogP contribution in [0.4, 0.5) is 5.13 Å². The Kier molecular flexibility index (Phi) is 6.17. The molecule has 0 aliphatic carbocycles. The molecule has 2 aliphatic heterocycles. The van der Waals surface area contributed by atoms with Gasteiger partial charge >= 0.3 is 0 Å². The summed E-state index contributed by atoms with van der Waals surface area (Å²) >= 11 is 4.09. The van der Waals surface area contributed by atoms with Crippen molar-refractivity contribution in [3.8, 4) is 0 Å². The number of carbonyl (C=O) groups excluding carboxylic acids is 3. The van der Waals surface area contributed by atoms with Crippen LogP contribution < -0.4 is 20.7 Å². The Bertz CT molecular complexity index is 1410. The Morgan fingerprint density at radius 3 is 2.94 bits per heavy atom. The maximum Gasteiger partial charge on any atom is 0.276 e. The number of aromatic nitrogens is 2. The number of carboxylic acid groups (broad SMARTS) is 1. The third-order valence-corrected chi connectivity index (χ3v) is 8.40. The van der Waals surface area contributed by atoms with Crippen LogP contribution in [-0.2, 0) is 25.8 Å². The van der Waals surface area contributed by atoms with Crippen molar-refractivity contribution >= 4 is 73.1 Å². The highest BCUT2D eigenvalue weighted by atomic mass is 32.2. The number of carboxylic acids is 1. The van der Waals surface area contributed by atoms with Crippen LogP contribution in [0.15, 0.2) is 51.7 Å². The summed E-state index contributed by atoms with van der Waals surface area (Å²) in [4.78, 5) is 47.8. The third-order valence-electron chi connectivity index (χ3n) is 5.52. The van der Waals surface area contributed by atoms with Crippen LogP contribution in [0.5, 0.6) is 0 Å². The molecule has 3 aromatic rings. The van der Waals surface area contributed by atoms with E-state index in [-0.39, 0.29) is 22.2 Å². The van der Waals surface area contributed by atoms with Gasteiger partial charge in [0.25, 0.3) is 11.8 Å². The molecular weight excluding hydrogens is 512 g/mol. The number of thiazole rings is 1. The van der Waals surface area contributed by atoms with Crippen LogP contribution in [-0.4, -0.2) is 57.7 Å². The summed E-state index contributed by atoms with van der Waals surface area (Å²) in [7, 11) is 1.28. The van der Waals surface area contributed by atoms with Crippen LogP contribution in [0.1, 0.15) is 5.69 Å². The van der Waals surface area contributed by atoms with E-state index in [0.717, 1.165) is 21.4 Å². The molecule has 0 spiro atoms. The summed E-state index contributed by atoms with van der Waals surface area (Å²) in [5.74, 6) is -2.29. The highest BCUT2D eigenvalue weighted by molar-refractivity contribution is 8.00. The quantitative estimate of drug-likeness (QED) is 0.182. The average Bonchev–Trinajstić information content (AvgIpc) is 3.48. The number of anilines is 1. The number of aliphatic carboxylic acids is 1. The minimum atomic E-state index is -1.43. The zero-order valence-electron chi connectivity index (χ0n) is 18.2. The van der Waals surface area contributed by atoms with Crippen molar-refractivity contribution in [3.63, 3.8) is 0 Å². The van der Waals surface area contributed by atoms with Crippen molar-refractivity contribution in [2.45, 2.75) is 18.0 Å². The van der Waals surface area contributed by atoms with Gasteiger partial charge in [-0.3, -0.25) is 14.5 Å². The normalized spacial score (nSPS) is 20.0. The van der Waals surface area contributed by atoms with E-state index in [1.807, 2.05) is 34.5 Å². The van der Waals surface area contributed by atoms with E-state index in [1.54, 1.807) is 16.7 Å². The number of fused-ring (bicyclic) bond motifs is 2. The third kappa shape index (κ3) is 4.24. The highest BCUT2D eigenvalue weighted by Crippen LogP contribution is 2.40. The van der Waals surface area contributed by atoms with Crippen LogP contribution in [0.25, 0.3) is 10.1 Å². The fourth-order valence-corrected chi connectivity index (χ4v) is 6.67. The summed E-state index contributed by atoms with van der Waals surface area (Å²) in [6.07, 6.45) is 3.81. The molecule has 1 saturated heterocycles. The fraction of sp³-hybridized carbons (Fsp3) is 0.238. The second-order valence-corrected chi connectivity index (χ2v) is 10.6. The maximum absolute atomic E-state index is 13.0. The molecule has 35 heavy (non-hydrogen) atoms. The highest BCUT2D eigenvalue weighted by Gasteiger charge is 2.53. The van der Waals surface area contributed by atoms with Gasteiger partial charge in [-0.05, 0) is 11.4 Å². The van der Waals surface area contributed by atoms with Crippen molar-refractivity contribution in [3.05, 3.63) is 52.3 Å². The Hall–Kier alpha value is -3.49. The summed E-state index contributed by atoms with van der Waals surface area (Å²) in [6, 6.07) is 3.03. The molecule has 0 aromatic carbocycles. The first-order valence-electron chi connectivity index (χ1n) is 10.2. The lowest BCUT2D eigenvalue weighted by Crippen LogP contribution is -2.71. The zero-order valence-corrected chi connectivity index (χ0v) is 20.6. The molecule has 1 unspecified atom stereocenters. The average molecular weight is 531 g/mol. The SMILES string of the molecule is CON=C(C(=O)NC1C(=O)N2C(C(=O)[O-])=C(C[n+]3ccc4ccsc4c3)CS[C@@H]12)c1csc(N)n1. The molecule has 180 valence electrons. The lowest BCUT2D eigenvalue weighted by Gasteiger charge is -2.50. The first-order valence-corrected chi connectivity index (χ1v) is 13.1. The number of thiophene rings is 1. The molecule has 0 radical (unpaired) electrons. The summed E-state index contributed by atoms with van der Waals surface area (Å²) in [5, 5.41) is 22.7. The molecule has 5 rings (SSSR count). The predicted molar refractivity (Wildman–Crippen MR) is 129 cm³/mol. The zero-order chi connectivity index (χ0) is 24.7. The second-order valence-electron chi connectivity index (χ2n) is 7.65. The van der Waals surface area contributed by atoms with Crippen molar-refractivity contribution in [1.82, 2.24) is 15.2 Å². The predicted octanol–water partition coefficient (Wildman–Crippen LogP) is -0.318. The number of nitrogens with one attached hydrogen (secondary N) is 1. The largest absolute Gasteiger partial charge is 0.543 e. The van der Waals surface area contributed by atoms with E-state index in [2.05, 4.69) is 15.5 Å². The summed E-state index contributed by atoms with van der Waals surface area (Å²) < 4.78 is 2.96. The van der Waals surface area contributed by atoms with E-state index in [0.29, 0.717) is 17.9 Å². The van der Waals surface area contributed by atoms with Crippen LogP contribution in [0.2, 0.25) is 0 Å². The van der Waals surface area contributed by atoms with Gasteiger partial charge < -0.3 is 25.8 Å².